The summed E-state index contributed by atoms with van der Waals surface area (Å²) in [7, 11) is 0. The Labute approximate surface area is 119 Å². The maximum atomic E-state index is 12.6. The van der Waals surface area contributed by atoms with Gasteiger partial charge in [0.05, 0.1) is 0 Å². The van der Waals surface area contributed by atoms with Gasteiger partial charge < -0.3 is 4.90 Å². The third-order valence-corrected chi connectivity index (χ3v) is 4.29. The largest absolute Gasteiger partial charge is 0.338 e. The normalized spacial score (nSPS) is 18.1. The SMILES string of the molecule is N#Cc1cc(C(=O)N(CC2CCC2)CC2CC2)ccn1. The van der Waals surface area contributed by atoms with E-state index < -0.39 is 0 Å². The Morgan fingerprint density at radius 3 is 2.55 bits per heavy atom. The van der Waals surface area contributed by atoms with Crippen LogP contribution in [0.25, 0.3) is 0 Å². The van der Waals surface area contributed by atoms with E-state index in [1.54, 1.807) is 18.3 Å². The Morgan fingerprint density at radius 1 is 1.30 bits per heavy atom. The van der Waals surface area contributed by atoms with Crippen LogP contribution < -0.4 is 0 Å². The molecule has 2 fully saturated rings. The maximum absolute atomic E-state index is 12.6. The number of aromatic nitrogens is 1. The lowest BCUT2D eigenvalue weighted by molar-refractivity contribution is 0.0685. The van der Waals surface area contributed by atoms with E-state index in [0.29, 0.717) is 23.1 Å². The number of carbonyl (C=O) groups excluding carboxylic acids is 1. The number of hydrogen-bond acceptors (Lipinski definition) is 3. The van der Waals surface area contributed by atoms with E-state index in [1.807, 2.05) is 11.0 Å². The maximum Gasteiger partial charge on any atom is 0.254 e. The summed E-state index contributed by atoms with van der Waals surface area (Å²) in [6, 6.07) is 5.31. The highest BCUT2D eigenvalue weighted by Crippen LogP contribution is 2.33. The standard InChI is InChI=1S/C16H19N3O/c17-9-15-8-14(6-7-18-15)16(20)19(11-13-4-5-13)10-12-2-1-3-12/h6-8,12-13H,1-5,10-11H2. The minimum Gasteiger partial charge on any atom is -0.338 e. The van der Waals surface area contributed by atoms with Gasteiger partial charge in [0.15, 0.2) is 0 Å². The number of hydrogen-bond donors (Lipinski definition) is 0. The molecule has 4 nitrogen and oxygen atoms in total. The molecule has 0 spiro atoms. The Morgan fingerprint density at radius 2 is 2.00 bits per heavy atom. The van der Waals surface area contributed by atoms with Crippen molar-refractivity contribution in [3.63, 3.8) is 0 Å². The topological polar surface area (TPSA) is 57.0 Å². The summed E-state index contributed by atoms with van der Waals surface area (Å²) in [5.74, 6) is 1.42. The molecule has 0 unspecified atom stereocenters. The van der Waals surface area contributed by atoms with Crippen LogP contribution in [0, 0.1) is 23.2 Å². The summed E-state index contributed by atoms with van der Waals surface area (Å²) in [5.41, 5.74) is 0.905. The first-order valence-corrected chi connectivity index (χ1v) is 7.41. The first-order chi connectivity index (χ1) is 9.76. The van der Waals surface area contributed by atoms with Gasteiger partial charge in [0.2, 0.25) is 0 Å². The van der Waals surface area contributed by atoms with Gasteiger partial charge >= 0.3 is 0 Å². The first-order valence-electron chi connectivity index (χ1n) is 7.41. The Hall–Kier alpha value is -1.89. The van der Waals surface area contributed by atoms with E-state index in [0.717, 1.165) is 13.1 Å². The van der Waals surface area contributed by atoms with Gasteiger partial charge in [-0.15, -0.1) is 0 Å². The summed E-state index contributed by atoms with van der Waals surface area (Å²) >= 11 is 0. The predicted octanol–water partition coefficient (Wildman–Crippen LogP) is 2.61. The van der Waals surface area contributed by atoms with E-state index in [9.17, 15) is 4.79 Å². The van der Waals surface area contributed by atoms with Gasteiger partial charge in [-0.1, -0.05) is 6.42 Å². The number of nitrogens with zero attached hydrogens (tertiary/aromatic N) is 3. The van der Waals surface area contributed by atoms with Crippen LogP contribution in [0.1, 0.15) is 48.2 Å². The minimum absolute atomic E-state index is 0.0581. The van der Waals surface area contributed by atoms with Gasteiger partial charge in [0, 0.05) is 24.8 Å². The molecule has 3 rings (SSSR count). The molecule has 0 N–H and O–H groups in total. The molecule has 104 valence electrons. The molecule has 20 heavy (non-hydrogen) atoms. The van der Waals surface area contributed by atoms with Crippen LogP contribution in [0.3, 0.4) is 0 Å². The Kier molecular flexibility index (Phi) is 3.68. The summed E-state index contributed by atoms with van der Waals surface area (Å²) in [4.78, 5) is 18.6. The molecule has 0 atom stereocenters. The highest BCUT2D eigenvalue weighted by Gasteiger charge is 2.30. The van der Waals surface area contributed by atoms with Crippen molar-refractivity contribution in [3.05, 3.63) is 29.6 Å². The zero-order chi connectivity index (χ0) is 13.9. The highest BCUT2D eigenvalue weighted by atomic mass is 16.2. The fourth-order valence-electron chi connectivity index (χ4n) is 2.65. The highest BCUT2D eigenvalue weighted by molar-refractivity contribution is 5.94. The lowest BCUT2D eigenvalue weighted by Gasteiger charge is -2.32. The van der Waals surface area contributed by atoms with E-state index >= 15 is 0 Å². The molecule has 2 aliphatic carbocycles. The van der Waals surface area contributed by atoms with E-state index in [2.05, 4.69) is 4.98 Å². The zero-order valence-corrected chi connectivity index (χ0v) is 11.6. The minimum atomic E-state index is 0.0581. The quantitative estimate of drug-likeness (QED) is 0.825. The molecule has 1 aromatic rings. The predicted molar refractivity (Wildman–Crippen MR) is 74.9 cm³/mol. The van der Waals surface area contributed by atoms with Gasteiger partial charge in [0.1, 0.15) is 11.8 Å². The van der Waals surface area contributed by atoms with Crippen LogP contribution in [0.15, 0.2) is 18.3 Å². The van der Waals surface area contributed by atoms with Gasteiger partial charge in [0.25, 0.3) is 5.91 Å². The van der Waals surface area contributed by atoms with Gasteiger partial charge in [-0.05, 0) is 49.7 Å². The summed E-state index contributed by atoms with van der Waals surface area (Å²) < 4.78 is 0. The molecule has 0 saturated heterocycles. The molecule has 0 bridgehead atoms. The average molecular weight is 269 g/mol. The number of amides is 1. The van der Waals surface area contributed by atoms with E-state index in [4.69, 9.17) is 5.26 Å². The van der Waals surface area contributed by atoms with Crippen LogP contribution >= 0.6 is 0 Å². The monoisotopic (exact) mass is 269 g/mol. The summed E-state index contributed by atoms with van der Waals surface area (Å²) in [6.45, 7) is 1.75. The van der Waals surface area contributed by atoms with E-state index in [1.165, 1.54) is 32.1 Å². The molecule has 0 aliphatic heterocycles. The molecular weight excluding hydrogens is 250 g/mol. The fourth-order valence-corrected chi connectivity index (χ4v) is 2.65. The first kappa shape index (κ1) is 13.1. The molecule has 2 aliphatic rings. The van der Waals surface area contributed by atoms with Crippen LogP contribution in [0.2, 0.25) is 0 Å². The van der Waals surface area contributed by atoms with Crippen molar-refractivity contribution in [2.45, 2.75) is 32.1 Å². The molecular formula is C16H19N3O. The van der Waals surface area contributed by atoms with Gasteiger partial charge in [-0.25, -0.2) is 4.98 Å². The zero-order valence-electron chi connectivity index (χ0n) is 11.6. The van der Waals surface area contributed by atoms with Gasteiger partial charge in [-0.2, -0.15) is 5.26 Å². The third-order valence-electron chi connectivity index (χ3n) is 4.29. The number of nitriles is 1. The second-order valence-corrected chi connectivity index (χ2v) is 5.99. The van der Waals surface area contributed by atoms with Crippen molar-refractivity contribution < 1.29 is 4.79 Å². The van der Waals surface area contributed by atoms with Crippen LogP contribution in [-0.4, -0.2) is 28.9 Å². The summed E-state index contributed by atoms with van der Waals surface area (Å²) in [5, 5.41) is 8.89. The molecule has 1 amide bonds. The van der Waals surface area contributed by atoms with Crippen LogP contribution in [-0.2, 0) is 0 Å². The molecule has 0 aromatic carbocycles. The Bertz CT molecular complexity index is 541. The van der Waals surface area contributed by atoms with Crippen molar-refractivity contribution in [1.82, 2.24) is 9.88 Å². The van der Waals surface area contributed by atoms with Crippen molar-refractivity contribution in [2.24, 2.45) is 11.8 Å². The third kappa shape index (κ3) is 2.98. The van der Waals surface area contributed by atoms with Crippen molar-refractivity contribution in [2.75, 3.05) is 13.1 Å². The smallest absolute Gasteiger partial charge is 0.254 e. The second-order valence-electron chi connectivity index (χ2n) is 5.99. The molecule has 4 heteroatoms. The molecule has 2 saturated carbocycles. The van der Waals surface area contributed by atoms with Crippen molar-refractivity contribution >= 4 is 5.91 Å². The van der Waals surface area contributed by atoms with Crippen LogP contribution in [0.4, 0.5) is 0 Å². The molecule has 1 heterocycles. The average Bonchev–Trinajstić information content (AvgIpc) is 3.24. The lowest BCUT2D eigenvalue weighted by Crippen LogP contribution is -2.38. The number of rotatable bonds is 5. The fraction of sp³-hybridized carbons (Fsp3) is 0.562. The molecule has 1 aromatic heterocycles. The van der Waals surface area contributed by atoms with Gasteiger partial charge in [-0.3, -0.25) is 4.79 Å². The number of carbonyl (C=O) groups is 1. The Balaban J connectivity index is 1.73. The molecule has 0 radical (unpaired) electrons. The van der Waals surface area contributed by atoms with Crippen molar-refractivity contribution in [3.8, 4) is 6.07 Å². The second kappa shape index (κ2) is 5.62. The van der Waals surface area contributed by atoms with Crippen molar-refractivity contribution in [1.29, 1.82) is 5.26 Å². The lowest BCUT2D eigenvalue weighted by atomic mass is 9.85. The van der Waals surface area contributed by atoms with Crippen LogP contribution in [0.5, 0.6) is 0 Å². The summed E-state index contributed by atoms with van der Waals surface area (Å²) in [6.07, 6.45) is 7.82. The van der Waals surface area contributed by atoms with E-state index in [-0.39, 0.29) is 5.91 Å². The number of pyridine rings is 1.